The van der Waals surface area contributed by atoms with Crippen LogP contribution >= 0.6 is 15.9 Å². The average Bonchev–Trinajstić information content (AvgIpc) is 2.49. The molecule has 0 fully saturated rings. The molecule has 0 bridgehead atoms. The Balaban J connectivity index is 2.64. The van der Waals surface area contributed by atoms with Crippen LogP contribution in [0.1, 0.15) is 23.6 Å². The fourth-order valence-corrected chi connectivity index (χ4v) is 2.50. The number of benzene rings is 1. The zero-order valence-corrected chi connectivity index (χ0v) is 13.8. The summed E-state index contributed by atoms with van der Waals surface area (Å²) in [4.78, 5) is 16.4. The van der Waals surface area contributed by atoms with Gasteiger partial charge >= 0.3 is 0 Å². The van der Waals surface area contributed by atoms with Crippen molar-refractivity contribution in [2.75, 3.05) is 0 Å². The van der Waals surface area contributed by atoms with Crippen LogP contribution in [0.3, 0.4) is 0 Å². The highest BCUT2D eigenvalue weighted by Gasteiger charge is 2.16. The number of aromatic hydroxyl groups is 1. The number of hydrogen-bond donors (Lipinski definition) is 1. The fraction of sp³-hybridized carbons (Fsp3) is 0.188. The minimum absolute atomic E-state index is 0.0215. The van der Waals surface area contributed by atoms with Crippen LogP contribution in [0.4, 0.5) is 5.69 Å². The number of aliphatic imine (C=N–C) groups is 1. The van der Waals surface area contributed by atoms with Crippen molar-refractivity contribution in [2.45, 2.75) is 20.4 Å². The number of pyridine rings is 1. The van der Waals surface area contributed by atoms with Gasteiger partial charge in [0.2, 0.25) is 5.88 Å². The number of halogens is 1. The quantitative estimate of drug-likeness (QED) is 0.854. The molecule has 0 radical (unpaired) electrons. The minimum Gasteiger partial charge on any atom is -0.494 e. The van der Waals surface area contributed by atoms with Crippen LogP contribution in [-0.4, -0.2) is 15.9 Å². The van der Waals surface area contributed by atoms with E-state index in [1.54, 1.807) is 13.8 Å². The first-order chi connectivity index (χ1) is 10.5. The molecule has 112 valence electrons. The Morgan fingerprint density at radius 3 is 2.73 bits per heavy atom. The van der Waals surface area contributed by atoms with Gasteiger partial charge in [0.25, 0.3) is 5.56 Å². The van der Waals surface area contributed by atoms with E-state index in [2.05, 4.69) is 20.9 Å². The smallest absolute Gasteiger partial charge is 0.271 e. The van der Waals surface area contributed by atoms with Crippen molar-refractivity contribution in [3.8, 4) is 11.9 Å². The molecule has 0 aliphatic carbocycles. The van der Waals surface area contributed by atoms with Gasteiger partial charge in [-0.3, -0.25) is 14.4 Å². The van der Waals surface area contributed by atoms with Gasteiger partial charge in [-0.15, -0.1) is 0 Å². The third kappa shape index (κ3) is 2.81. The van der Waals surface area contributed by atoms with Crippen molar-refractivity contribution in [1.29, 1.82) is 5.26 Å². The lowest BCUT2D eigenvalue weighted by molar-refractivity contribution is 0.409. The SMILES string of the molecule is CCn1c(O)c(C=Nc2ccccc2Br)c(C)c(C#N)c1=O. The number of para-hydroxylation sites is 1. The molecule has 0 saturated heterocycles. The molecule has 6 heteroatoms. The number of aromatic nitrogens is 1. The molecule has 2 aromatic rings. The van der Waals surface area contributed by atoms with E-state index in [4.69, 9.17) is 5.26 Å². The van der Waals surface area contributed by atoms with Gasteiger partial charge in [0.1, 0.15) is 11.6 Å². The Morgan fingerprint density at radius 2 is 2.14 bits per heavy atom. The third-order valence-electron chi connectivity index (χ3n) is 3.35. The van der Waals surface area contributed by atoms with Crippen molar-refractivity contribution in [3.05, 3.63) is 55.8 Å². The second-order valence-electron chi connectivity index (χ2n) is 4.61. The molecule has 0 saturated carbocycles. The lowest BCUT2D eigenvalue weighted by Crippen LogP contribution is -2.24. The van der Waals surface area contributed by atoms with E-state index in [9.17, 15) is 9.90 Å². The molecule has 2 rings (SSSR count). The Hall–Kier alpha value is -2.39. The topological polar surface area (TPSA) is 78.4 Å². The summed E-state index contributed by atoms with van der Waals surface area (Å²) in [5.41, 5.74) is 1.01. The van der Waals surface area contributed by atoms with Gasteiger partial charge in [-0.05, 0) is 47.5 Å². The summed E-state index contributed by atoms with van der Waals surface area (Å²) in [6.45, 7) is 3.63. The van der Waals surface area contributed by atoms with E-state index in [1.807, 2.05) is 30.3 Å². The molecule has 1 aromatic heterocycles. The van der Waals surface area contributed by atoms with E-state index >= 15 is 0 Å². The second kappa shape index (κ2) is 6.58. The Bertz CT molecular complexity index is 848. The first-order valence-corrected chi connectivity index (χ1v) is 7.45. The predicted molar refractivity (Wildman–Crippen MR) is 88.9 cm³/mol. The zero-order chi connectivity index (χ0) is 16.3. The molecule has 1 aromatic carbocycles. The van der Waals surface area contributed by atoms with Crippen molar-refractivity contribution >= 4 is 27.8 Å². The summed E-state index contributed by atoms with van der Waals surface area (Å²) in [7, 11) is 0. The number of nitriles is 1. The highest BCUT2D eigenvalue weighted by molar-refractivity contribution is 9.10. The number of rotatable bonds is 3. The molecule has 5 nitrogen and oxygen atoms in total. The van der Waals surface area contributed by atoms with Crippen molar-refractivity contribution in [3.63, 3.8) is 0 Å². The Morgan fingerprint density at radius 1 is 1.45 bits per heavy atom. The van der Waals surface area contributed by atoms with Crippen LogP contribution in [0.15, 0.2) is 38.5 Å². The molecule has 0 aliphatic rings. The van der Waals surface area contributed by atoms with Gasteiger partial charge in [-0.25, -0.2) is 0 Å². The maximum atomic E-state index is 12.1. The number of nitrogens with zero attached hydrogens (tertiary/aromatic N) is 3. The molecular formula is C16H14BrN3O2. The standard InChI is InChI=1S/C16H14BrN3O2/c1-3-20-15(21)11(8-18)10(2)12(16(20)22)9-19-14-7-5-4-6-13(14)17/h4-7,9,22H,3H2,1-2H3. The summed E-state index contributed by atoms with van der Waals surface area (Å²) in [6, 6.07) is 9.28. The van der Waals surface area contributed by atoms with Crippen LogP contribution in [0, 0.1) is 18.3 Å². The maximum Gasteiger partial charge on any atom is 0.271 e. The fourth-order valence-electron chi connectivity index (χ4n) is 2.11. The first kappa shape index (κ1) is 16.0. The summed E-state index contributed by atoms with van der Waals surface area (Å²) < 4.78 is 1.97. The van der Waals surface area contributed by atoms with E-state index in [0.29, 0.717) is 16.8 Å². The van der Waals surface area contributed by atoms with Gasteiger partial charge in [0.15, 0.2) is 0 Å². The van der Waals surface area contributed by atoms with Gasteiger partial charge in [0.05, 0.1) is 11.3 Å². The van der Waals surface area contributed by atoms with E-state index in [1.165, 1.54) is 6.21 Å². The maximum absolute atomic E-state index is 12.1. The van der Waals surface area contributed by atoms with Crippen molar-refractivity contribution < 1.29 is 5.11 Å². The molecule has 0 aliphatic heterocycles. The molecule has 0 amide bonds. The highest BCUT2D eigenvalue weighted by Crippen LogP contribution is 2.26. The molecule has 0 unspecified atom stereocenters. The number of hydrogen-bond acceptors (Lipinski definition) is 4. The third-order valence-corrected chi connectivity index (χ3v) is 4.02. The zero-order valence-electron chi connectivity index (χ0n) is 12.2. The molecule has 1 N–H and O–H groups in total. The predicted octanol–water partition coefficient (Wildman–Crippen LogP) is 3.27. The van der Waals surface area contributed by atoms with Gasteiger partial charge in [-0.2, -0.15) is 5.26 Å². The van der Waals surface area contributed by atoms with E-state index in [0.717, 1.165) is 9.04 Å². The lowest BCUT2D eigenvalue weighted by atomic mass is 10.1. The van der Waals surface area contributed by atoms with Crippen LogP contribution in [0.5, 0.6) is 5.88 Å². The lowest BCUT2D eigenvalue weighted by Gasteiger charge is -2.12. The highest BCUT2D eigenvalue weighted by atomic mass is 79.9. The van der Waals surface area contributed by atoms with Crippen molar-refractivity contribution in [2.24, 2.45) is 4.99 Å². The largest absolute Gasteiger partial charge is 0.494 e. The normalized spacial score (nSPS) is 10.8. The Labute approximate surface area is 136 Å². The average molecular weight is 360 g/mol. The van der Waals surface area contributed by atoms with E-state index in [-0.39, 0.29) is 18.0 Å². The van der Waals surface area contributed by atoms with Gasteiger partial charge in [-0.1, -0.05) is 12.1 Å². The van der Waals surface area contributed by atoms with E-state index < -0.39 is 5.56 Å². The van der Waals surface area contributed by atoms with Crippen LogP contribution in [-0.2, 0) is 6.54 Å². The summed E-state index contributed by atoms with van der Waals surface area (Å²) in [6.07, 6.45) is 1.47. The summed E-state index contributed by atoms with van der Waals surface area (Å²) >= 11 is 3.39. The van der Waals surface area contributed by atoms with Gasteiger partial charge in [0, 0.05) is 17.2 Å². The van der Waals surface area contributed by atoms with Crippen LogP contribution in [0.25, 0.3) is 0 Å². The Kier molecular flexibility index (Phi) is 4.78. The van der Waals surface area contributed by atoms with Gasteiger partial charge < -0.3 is 5.11 Å². The van der Waals surface area contributed by atoms with Crippen molar-refractivity contribution in [1.82, 2.24) is 4.57 Å². The molecule has 0 spiro atoms. The van der Waals surface area contributed by atoms with Crippen LogP contribution in [0.2, 0.25) is 0 Å². The molecule has 22 heavy (non-hydrogen) atoms. The monoisotopic (exact) mass is 359 g/mol. The summed E-state index contributed by atoms with van der Waals surface area (Å²) in [5, 5.41) is 19.4. The minimum atomic E-state index is -0.488. The molecule has 1 heterocycles. The second-order valence-corrected chi connectivity index (χ2v) is 5.46. The first-order valence-electron chi connectivity index (χ1n) is 6.66. The molecular weight excluding hydrogens is 346 g/mol. The summed E-state index contributed by atoms with van der Waals surface area (Å²) in [5.74, 6) is -0.181. The van der Waals surface area contributed by atoms with Crippen LogP contribution < -0.4 is 5.56 Å². The molecule has 0 atom stereocenters.